The second-order valence-corrected chi connectivity index (χ2v) is 15.0. The van der Waals surface area contributed by atoms with Gasteiger partial charge in [0.1, 0.15) is 5.58 Å². The van der Waals surface area contributed by atoms with Crippen molar-refractivity contribution in [3.63, 3.8) is 0 Å². The number of hydrogen-bond acceptors (Lipinski definition) is 7. The maximum Gasteiger partial charge on any atom is 0.227 e. The lowest BCUT2D eigenvalue weighted by Crippen LogP contribution is -2.09. The minimum atomic E-state index is 0.651. The smallest absolute Gasteiger partial charge is 0.227 e. The molecule has 0 fully saturated rings. The molecule has 7 nitrogen and oxygen atoms in total. The van der Waals surface area contributed by atoms with Crippen LogP contribution < -0.4 is 4.90 Å². The van der Waals surface area contributed by atoms with Crippen molar-refractivity contribution in [2.24, 2.45) is 0 Å². The Hall–Kier alpha value is -8.29. The number of nitrogens with zero attached hydrogens (tertiary/aromatic N) is 6. The van der Waals surface area contributed by atoms with E-state index in [1.807, 2.05) is 49.1 Å². The average Bonchev–Trinajstić information content (AvgIpc) is 3.70. The van der Waals surface area contributed by atoms with E-state index < -0.39 is 0 Å². The quantitative estimate of drug-likeness (QED) is 0.156. The minimum absolute atomic E-state index is 0.651. The maximum absolute atomic E-state index is 6.00. The van der Waals surface area contributed by atoms with Gasteiger partial charge in [-0.2, -0.15) is 0 Å². The summed E-state index contributed by atoms with van der Waals surface area (Å²) in [6, 6.07) is 57.4. The fourth-order valence-corrected chi connectivity index (χ4v) is 8.43. The molecule has 0 atom stereocenters. The van der Waals surface area contributed by atoms with Gasteiger partial charge in [-0.25, -0.2) is 4.98 Å². The highest BCUT2D eigenvalue weighted by Gasteiger charge is 2.16. The van der Waals surface area contributed by atoms with Crippen LogP contribution in [0.5, 0.6) is 0 Å². The van der Waals surface area contributed by atoms with Gasteiger partial charge in [0.2, 0.25) is 5.71 Å². The third-order valence-electron chi connectivity index (χ3n) is 11.5. The number of anilines is 3. The number of pyridine rings is 5. The van der Waals surface area contributed by atoms with E-state index in [9.17, 15) is 0 Å². The Labute approximate surface area is 343 Å². The zero-order valence-corrected chi connectivity index (χ0v) is 32.1. The third kappa shape index (κ3) is 5.71. The SMILES string of the molecule is c1cnc2c(c1)ccc1cc(-c3ccc(N(c4ccc(-c5cnc6c(ccc7cccnc76)c5)cc4)c4ccc(-c5ccc6oc7ncccc7c6c5)cc4)cc3)cnc12. The Morgan fingerprint density at radius 3 is 1.33 bits per heavy atom. The molecule has 0 aliphatic heterocycles. The number of aromatic nitrogens is 5. The lowest BCUT2D eigenvalue weighted by Gasteiger charge is -2.26. The Morgan fingerprint density at radius 1 is 0.333 bits per heavy atom. The van der Waals surface area contributed by atoms with Crippen LogP contribution in [0, 0.1) is 0 Å². The molecule has 60 heavy (non-hydrogen) atoms. The van der Waals surface area contributed by atoms with E-state index in [0.717, 1.165) is 110 Å². The molecule has 0 N–H and O–H groups in total. The molecule has 6 aromatic heterocycles. The van der Waals surface area contributed by atoms with Crippen molar-refractivity contribution in [2.75, 3.05) is 4.90 Å². The van der Waals surface area contributed by atoms with Crippen molar-refractivity contribution >= 4 is 82.7 Å². The number of benzene rings is 6. The van der Waals surface area contributed by atoms with Crippen LogP contribution in [0.1, 0.15) is 0 Å². The van der Waals surface area contributed by atoms with Crippen LogP contribution in [0.25, 0.3) is 99.1 Å². The molecule has 0 bridgehead atoms. The number of rotatable bonds is 6. The van der Waals surface area contributed by atoms with E-state index in [0.29, 0.717) is 5.71 Å². The molecule has 0 radical (unpaired) electrons. The molecule has 6 heterocycles. The first-order chi connectivity index (χ1) is 29.7. The first-order valence-corrected chi connectivity index (χ1v) is 19.9. The van der Waals surface area contributed by atoms with Gasteiger partial charge in [-0.05, 0) is 107 Å². The Kier molecular flexibility index (Phi) is 7.71. The Morgan fingerprint density at radius 2 is 0.783 bits per heavy atom. The second-order valence-electron chi connectivity index (χ2n) is 15.0. The lowest BCUT2D eigenvalue weighted by molar-refractivity contribution is 0.654. The van der Waals surface area contributed by atoms with Gasteiger partial charge in [-0.15, -0.1) is 0 Å². The molecule has 12 rings (SSSR count). The van der Waals surface area contributed by atoms with Crippen molar-refractivity contribution in [3.05, 3.63) is 195 Å². The van der Waals surface area contributed by atoms with Gasteiger partial charge in [0.05, 0.1) is 22.1 Å². The first kappa shape index (κ1) is 33.8. The molecule has 0 aliphatic carbocycles. The van der Waals surface area contributed by atoms with Crippen LogP contribution in [0.4, 0.5) is 17.1 Å². The Bertz CT molecular complexity index is 3440. The van der Waals surface area contributed by atoms with Crippen LogP contribution >= 0.6 is 0 Å². The molecule has 0 unspecified atom stereocenters. The lowest BCUT2D eigenvalue weighted by atomic mass is 10.0. The summed E-state index contributed by atoms with van der Waals surface area (Å²) in [6.07, 6.45) is 9.30. The molecule has 0 amide bonds. The predicted molar refractivity (Wildman–Crippen MR) is 244 cm³/mol. The summed E-state index contributed by atoms with van der Waals surface area (Å²) in [4.78, 5) is 25.7. The van der Waals surface area contributed by atoms with Gasteiger partial charge in [0, 0.05) is 91.5 Å². The van der Waals surface area contributed by atoms with Crippen LogP contribution in [0.15, 0.2) is 199 Å². The standard InChI is InChI=1S/C53H32N6O/c1-4-36-7-9-39-28-41(31-57-51(39)49(36)54-25-1)34-13-20-44(21-14-34)59(43-18-11-33(12-19-43)38-17-24-48-47(30-38)46-6-3-27-56-53(46)60-48)45-22-15-35(16-23-45)42-29-40-10-8-37-5-2-26-55-50(37)52(40)58-32-42/h1-32H. The Balaban J connectivity index is 0.912. The molecule has 0 spiro atoms. The normalized spacial score (nSPS) is 11.7. The molecule has 0 aliphatic rings. The summed E-state index contributed by atoms with van der Waals surface area (Å²) in [6.45, 7) is 0. The summed E-state index contributed by atoms with van der Waals surface area (Å²) >= 11 is 0. The molecule has 7 heteroatoms. The molecule has 0 saturated heterocycles. The van der Waals surface area contributed by atoms with E-state index in [1.54, 1.807) is 6.20 Å². The van der Waals surface area contributed by atoms with E-state index >= 15 is 0 Å². The topological polar surface area (TPSA) is 80.8 Å². The summed E-state index contributed by atoms with van der Waals surface area (Å²) in [5.74, 6) is 0. The van der Waals surface area contributed by atoms with Gasteiger partial charge in [-0.3, -0.25) is 19.9 Å². The highest BCUT2D eigenvalue weighted by atomic mass is 16.3. The number of hydrogen-bond donors (Lipinski definition) is 0. The zero-order valence-electron chi connectivity index (χ0n) is 32.1. The minimum Gasteiger partial charge on any atom is -0.438 e. The molecule has 280 valence electrons. The van der Waals surface area contributed by atoms with Gasteiger partial charge < -0.3 is 9.32 Å². The largest absolute Gasteiger partial charge is 0.438 e. The van der Waals surface area contributed by atoms with Gasteiger partial charge >= 0.3 is 0 Å². The number of furan rings is 1. The van der Waals surface area contributed by atoms with Crippen LogP contribution in [0.3, 0.4) is 0 Å². The predicted octanol–water partition coefficient (Wildman–Crippen LogP) is 13.6. The van der Waals surface area contributed by atoms with Crippen molar-refractivity contribution < 1.29 is 4.42 Å². The van der Waals surface area contributed by atoms with Crippen LogP contribution in [-0.4, -0.2) is 24.9 Å². The molecule has 0 saturated carbocycles. The summed E-state index contributed by atoms with van der Waals surface area (Å²) in [5.41, 5.74) is 14.7. The van der Waals surface area contributed by atoms with Crippen molar-refractivity contribution in [2.45, 2.75) is 0 Å². The monoisotopic (exact) mass is 768 g/mol. The van der Waals surface area contributed by atoms with Crippen molar-refractivity contribution in [3.8, 4) is 33.4 Å². The van der Waals surface area contributed by atoms with E-state index in [1.165, 1.54) is 0 Å². The van der Waals surface area contributed by atoms with Crippen molar-refractivity contribution in [1.29, 1.82) is 0 Å². The first-order valence-electron chi connectivity index (χ1n) is 19.9. The van der Waals surface area contributed by atoms with E-state index in [4.69, 9.17) is 14.4 Å². The van der Waals surface area contributed by atoms with Gasteiger partial charge in [-0.1, -0.05) is 78.9 Å². The molecule has 6 aromatic carbocycles. The maximum atomic E-state index is 6.00. The highest BCUT2D eigenvalue weighted by molar-refractivity contribution is 6.06. The highest BCUT2D eigenvalue weighted by Crippen LogP contribution is 2.39. The van der Waals surface area contributed by atoms with Gasteiger partial charge in [0.15, 0.2) is 0 Å². The van der Waals surface area contributed by atoms with E-state index in [-0.39, 0.29) is 0 Å². The third-order valence-corrected chi connectivity index (χ3v) is 11.5. The van der Waals surface area contributed by atoms with Gasteiger partial charge in [0.25, 0.3) is 0 Å². The van der Waals surface area contributed by atoms with E-state index in [2.05, 4.69) is 159 Å². The number of fused-ring (bicyclic) bond motifs is 9. The summed E-state index contributed by atoms with van der Waals surface area (Å²) in [7, 11) is 0. The summed E-state index contributed by atoms with van der Waals surface area (Å²) < 4.78 is 6.00. The molecular formula is C53H32N6O. The molecule has 12 aromatic rings. The van der Waals surface area contributed by atoms with Crippen LogP contribution in [0.2, 0.25) is 0 Å². The fraction of sp³-hybridized carbons (Fsp3) is 0. The summed E-state index contributed by atoms with van der Waals surface area (Å²) in [5, 5.41) is 6.36. The average molecular weight is 769 g/mol. The van der Waals surface area contributed by atoms with Crippen molar-refractivity contribution in [1.82, 2.24) is 24.9 Å². The molecular weight excluding hydrogens is 737 g/mol. The zero-order chi connectivity index (χ0) is 39.6. The second kappa shape index (κ2) is 13.7. The van der Waals surface area contributed by atoms with Crippen LogP contribution in [-0.2, 0) is 0 Å². The fourth-order valence-electron chi connectivity index (χ4n) is 8.43.